The predicted molar refractivity (Wildman–Crippen MR) is 134 cm³/mol. The van der Waals surface area contributed by atoms with Crippen LogP contribution in [0, 0.1) is 17.8 Å². The molecule has 2 saturated heterocycles. The molecule has 4 atom stereocenters. The standard InChI is InChI=1S/C28H32N2O7/c1-6-30-25(31)22-23(26(30)32)28(13-15(2)3,27(33)35-5)29-24(22)17-7-9-18(20(12-17)34-4)16-8-10-19-21(11-16)37-14-36-19/h7-12,15,22-24,29H,6,13-14H2,1-5H3/t22-,23-,24-,28-/m1/s1. The number of imide groups is 1. The molecular formula is C28H32N2O7. The van der Waals surface area contributed by atoms with Gasteiger partial charge in [0.25, 0.3) is 0 Å². The molecule has 3 aliphatic rings. The Morgan fingerprint density at radius 3 is 2.54 bits per heavy atom. The van der Waals surface area contributed by atoms with Gasteiger partial charge in [0.05, 0.1) is 26.1 Å². The first-order valence-corrected chi connectivity index (χ1v) is 12.5. The van der Waals surface area contributed by atoms with Crippen LogP contribution in [0.2, 0.25) is 0 Å². The number of hydrogen-bond acceptors (Lipinski definition) is 8. The molecule has 0 saturated carbocycles. The van der Waals surface area contributed by atoms with Gasteiger partial charge in [-0.2, -0.15) is 0 Å². The van der Waals surface area contributed by atoms with Gasteiger partial charge in [-0.1, -0.05) is 32.0 Å². The fourth-order valence-corrected chi connectivity index (χ4v) is 6.15. The van der Waals surface area contributed by atoms with Crippen LogP contribution in [0.15, 0.2) is 36.4 Å². The van der Waals surface area contributed by atoms with Crippen molar-refractivity contribution in [2.24, 2.45) is 17.8 Å². The zero-order valence-electron chi connectivity index (χ0n) is 21.7. The highest BCUT2D eigenvalue weighted by Crippen LogP contribution is 2.52. The summed E-state index contributed by atoms with van der Waals surface area (Å²) in [6, 6.07) is 10.8. The van der Waals surface area contributed by atoms with Crippen LogP contribution in [0.3, 0.4) is 0 Å². The maximum absolute atomic E-state index is 13.5. The van der Waals surface area contributed by atoms with Crippen molar-refractivity contribution in [2.75, 3.05) is 27.6 Å². The normalized spacial score (nSPS) is 26.1. The number of fused-ring (bicyclic) bond motifs is 2. The summed E-state index contributed by atoms with van der Waals surface area (Å²) in [5.41, 5.74) is 1.17. The molecule has 5 rings (SSSR count). The smallest absolute Gasteiger partial charge is 0.326 e. The van der Waals surface area contributed by atoms with Crippen molar-refractivity contribution in [3.8, 4) is 28.4 Å². The van der Waals surface area contributed by atoms with Crippen molar-refractivity contribution in [2.45, 2.75) is 38.8 Å². The van der Waals surface area contributed by atoms with E-state index < -0.39 is 29.4 Å². The lowest BCUT2D eigenvalue weighted by Gasteiger charge is -2.33. The van der Waals surface area contributed by atoms with Crippen molar-refractivity contribution in [3.63, 3.8) is 0 Å². The first-order valence-electron chi connectivity index (χ1n) is 12.5. The number of amides is 2. The molecule has 1 N–H and O–H groups in total. The van der Waals surface area contributed by atoms with Gasteiger partial charge in [0.1, 0.15) is 11.3 Å². The van der Waals surface area contributed by atoms with E-state index in [1.165, 1.54) is 12.0 Å². The highest BCUT2D eigenvalue weighted by molar-refractivity contribution is 6.09. The molecule has 3 aliphatic heterocycles. The molecule has 196 valence electrons. The SMILES string of the molecule is CCN1C(=O)[C@H]2[C@@H](c3ccc(-c4ccc5c(c4)OCO5)c(OC)c3)N[C@@](CC(C)C)(C(=O)OC)[C@H]2C1=O. The van der Waals surface area contributed by atoms with E-state index >= 15 is 0 Å². The van der Waals surface area contributed by atoms with Gasteiger partial charge in [-0.3, -0.25) is 24.6 Å². The van der Waals surface area contributed by atoms with Crippen molar-refractivity contribution in [3.05, 3.63) is 42.0 Å². The average Bonchev–Trinajstić information content (AvgIpc) is 3.56. The highest BCUT2D eigenvalue weighted by atomic mass is 16.7. The molecule has 9 heteroatoms. The molecule has 0 radical (unpaired) electrons. The van der Waals surface area contributed by atoms with Crippen LogP contribution in [-0.2, 0) is 19.1 Å². The molecule has 2 amide bonds. The van der Waals surface area contributed by atoms with Crippen LogP contribution < -0.4 is 19.5 Å². The Morgan fingerprint density at radius 1 is 1.11 bits per heavy atom. The Bertz CT molecular complexity index is 1260. The monoisotopic (exact) mass is 508 g/mol. The summed E-state index contributed by atoms with van der Waals surface area (Å²) in [5, 5.41) is 3.42. The lowest BCUT2D eigenvalue weighted by Crippen LogP contribution is -2.57. The summed E-state index contributed by atoms with van der Waals surface area (Å²) < 4.78 is 21.9. The second-order valence-corrected chi connectivity index (χ2v) is 10.1. The third-order valence-corrected chi connectivity index (χ3v) is 7.61. The first-order chi connectivity index (χ1) is 17.7. The minimum absolute atomic E-state index is 0.0764. The molecule has 0 unspecified atom stereocenters. The maximum Gasteiger partial charge on any atom is 0.326 e. The number of esters is 1. The van der Waals surface area contributed by atoms with Gasteiger partial charge in [0, 0.05) is 18.2 Å². The van der Waals surface area contributed by atoms with E-state index in [9.17, 15) is 14.4 Å². The van der Waals surface area contributed by atoms with Gasteiger partial charge in [0.2, 0.25) is 18.6 Å². The Hall–Kier alpha value is -3.59. The molecule has 0 aromatic heterocycles. The third-order valence-electron chi connectivity index (χ3n) is 7.61. The summed E-state index contributed by atoms with van der Waals surface area (Å²) in [4.78, 5) is 41.5. The Balaban J connectivity index is 1.59. The third kappa shape index (κ3) is 3.83. The van der Waals surface area contributed by atoms with Crippen LogP contribution in [-0.4, -0.2) is 55.8 Å². The molecule has 0 bridgehead atoms. The van der Waals surface area contributed by atoms with Crippen LogP contribution in [0.1, 0.15) is 38.8 Å². The first kappa shape index (κ1) is 25.1. The van der Waals surface area contributed by atoms with Crippen molar-refractivity contribution in [1.82, 2.24) is 10.2 Å². The molecule has 0 aliphatic carbocycles. The van der Waals surface area contributed by atoms with Crippen LogP contribution >= 0.6 is 0 Å². The molecule has 2 aromatic rings. The topological polar surface area (TPSA) is 103 Å². The van der Waals surface area contributed by atoms with E-state index in [4.69, 9.17) is 18.9 Å². The summed E-state index contributed by atoms with van der Waals surface area (Å²) in [5.74, 6) is -0.686. The summed E-state index contributed by atoms with van der Waals surface area (Å²) in [6.45, 7) is 6.17. The molecule has 2 fully saturated rings. The Morgan fingerprint density at radius 2 is 1.86 bits per heavy atom. The number of hydrogen-bond donors (Lipinski definition) is 1. The fourth-order valence-electron chi connectivity index (χ4n) is 6.15. The van der Waals surface area contributed by atoms with E-state index in [1.807, 2.05) is 50.2 Å². The van der Waals surface area contributed by atoms with Crippen molar-refractivity contribution in [1.29, 1.82) is 0 Å². The van der Waals surface area contributed by atoms with Gasteiger partial charge in [-0.05, 0) is 48.6 Å². The molecule has 3 heterocycles. The number of ether oxygens (including phenoxy) is 4. The molecule has 37 heavy (non-hydrogen) atoms. The minimum atomic E-state index is -1.31. The second kappa shape index (κ2) is 9.37. The largest absolute Gasteiger partial charge is 0.496 e. The zero-order valence-corrected chi connectivity index (χ0v) is 21.7. The van der Waals surface area contributed by atoms with Gasteiger partial charge in [-0.25, -0.2) is 0 Å². The molecular weight excluding hydrogens is 476 g/mol. The quantitative estimate of drug-likeness (QED) is 0.449. The number of nitrogens with one attached hydrogen (secondary N) is 1. The molecule has 2 aromatic carbocycles. The number of carbonyl (C=O) groups is 3. The second-order valence-electron chi connectivity index (χ2n) is 10.1. The summed E-state index contributed by atoms with van der Waals surface area (Å²) in [7, 11) is 2.90. The molecule has 0 spiro atoms. The van der Waals surface area contributed by atoms with Crippen LogP contribution in [0.25, 0.3) is 11.1 Å². The number of methoxy groups -OCH3 is 2. The van der Waals surface area contributed by atoms with Gasteiger partial charge in [0.15, 0.2) is 11.5 Å². The van der Waals surface area contributed by atoms with Crippen LogP contribution in [0.5, 0.6) is 17.2 Å². The highest BCUT2D eigenvalue weighted by Gasteiger charge is 2.68. The summed E-state index contributed by atoms with van der Waals surface area (Å²) >= 11 is 0. The van der Waals surface area contributed by atoms with Crippen molar-refractivity contribution < 1.29 is 33.3 Å². The lowest BCUT2D eigenvalue weighted by molar-refractivity contribution is -0.155. The average molecular weight is 509 g/mol. The van der Waals surface area contributed by atoms with Crippen molar-refractivity contribution >= 4 is 17.8 Å². The number of nitrogens with zero attached hydrogens (tertiary/aromatic N) is 1. The number of likely N-dealkylation sites (tertiary alicyclic amines) is 1. The van der Waals surface area contributed by atoms with Gasteiger partial charge < -0.3 is 18.9 Å². The number of rotatable bonds is 7. The van der Waals surface area contributed by atoms with E-state index in [2.05, 4.69) is 5.32 Å². The van der Waals surface area contributed by atoms with Gasteiger partial charge in [-0.15, -0.1) is 0 Å². The van der Waals surface area contributed by atoms with E-state index in [0.717, 1.165) is 16.7 Å². The van der Waals surface area contributed by atoms with E-state index in [1.54, 1.807) is 14.0 Å². The Labute approximate surface area is 216 Å². The van der Waals surface area contributed by atoms with E-state index in [-0.39, 0.29) is 31.1 Å². The van der Waals surface area contributed by atoms with Gasteiger partial charge >= 0.3 is 5.97 Å². The van der Waals surface area contributed by atoms with Crippen LogP contribution in [0.4, 0.5) is 0 Å². The number of benzene rings is 2. The Kier molecular flexibility index (Phi) is 6.35. The lowest BCUT2D eigenvalue weighted by atomic mass is 9.75. The maximum atomic E-state index is 13.5. The fraction of sp³-hybridized carbons (Fsp3) is 0.464. The summed E-state index contributed by atoms with van der Waals surface area (Å²) in [6.07, 6.45) is 0.361. The predicted octanol–water partition coefficient (Wildman–Crippen LogP) is 3.31. The number of carbonyl (C=O) groups excluding carboxylic acids is 3. The van der Waals surface area contributed by atoms with E-state index in [0.29, 0.717) is 23.7 Å². The zero-order chi connectivity index (χ0) is 26.5. The molecule has 9 nitrogen and oxygen atoms in total. The minimum Gasteiger partial charge on any atom is -0.496 e.